The zero-order chi connectivity index (χ0) is 15.4. The van der Waals surface area contributed by atoms with Crippen molar-refractivity contribution < 1.29 is 14.3 Å². The van der Waals surface area contributed by atoms with Crippen LogP contribution in [0.3, 0.4) is 0 Å². The molecule has 21 heavy (non-hydrogen) atoms. The fourth-order valence-corrected chi connectivity index (χ4v) is 2.47. The van der Waals surface area contributed by atoms with E-state index < -0.39 is 0 Å². The second-order valence-corrected chi connectivity index (χ2v) is 6.00. The molecule has 1 amide bonds. The third kappa shape index (κ3) is 4.50. The lowest BCUT2D eigenvalue weighted by atomic mass is 9.92. The van der Waals surface area contributed by atoms with E-state index in [0.717, 1.165) is 25.9 Å². The number of aromatic nitrogens is 2. The first kappa shape index (κ1) is 15.9. The number of aliphatic hydroxyl groups excluding tert-OH is 1. The molecule has 118 valence electrons. The van der Waals surface area contributed by atoms with Crippen LogP contribution in [0.15, 0.2) is 4.42 Å². The molecule has 0 aliphatic carbocycles. The van der Waals surface area contributed by atoms with Crippen LogP contribution in [0.2, 0.25) is 0 Å². The van der Waals surface area contributed by atoms with Gasteiger partial charge in [-0.25, -0.2) is 0 Å². The zero-order valence-corrected chi connectivity index (χ0v) is 12.9. The van der Waals surface area contributed by atoms with Crippen LogP contribution in [-0.2, 0) is 4.79 Å². The number of hydrogen-bond donors (Lipinski definition) is 2. The van der Waals surface area contributed by atoms with Gasteiger partial charge < -0.3 is 9.52 Å². The first-order chi connectivity index (χ1) is 9.95. The molecular formula is C14H24N4O3. The van der Waals surface area contributed by atoms with Crippen molar-refractivity contribution in [1.29, 1.82) is 0 Å². The molecule has 0 spiro atoms. The normalized spacial score (nSPS) is 18.9. The van der Waals surface area contributed by atoms with Gasteiger partial charge in [0.25, 0.3) is 0 Å². The minimum Gasteiger partial charge on any atom is -0.408 e. The zero-order valence-electron chi connectivity index (χ0n) is 12.9. The Morgan fingerprint density at radius 2 is 2.05 bits per heavy atom. The number of likely N-dealkylation sites (tertiary alicyclic amines) is 1. The smallest absolute Gasteiger partial charge is 0.322 e. The summed E-state index contributed by atoms with van der Waals surface area (Å²) in [6.07, 6.45) is 1.57. The summed E-state index contributed by atoms with van der Waals surface area (Å²) in [5.74, 6) is 0.851. The molecule has 7 heteroatoms. The molecule has 1 fully saturated rings. The molecule has 0 aromatic carbocycles. The summed E-state index contributed by atoms with van der Waals surface area (Å²) in [5.41, 5.74) is 0. The van der Waals surface area contributed by atoms with Crippen LogP contribution in [0.25, 0.3) is 0 Å². The van der Waals surface area contributed by atoms with Crippen molar-refractivity contribution >= 4 is 11.9 Å². The maximum absolute atomic E-state index is 11.9. The van der Waals surface area contributed by atoms with Crippen LogP contribution >= 0.6 is 0 Å². The third-order valence-corrected chi connectivity index (χ3v) is 3.86. The number of carbonyl (C=O) groups is 1. The summed E-state index contributed by atoms with van der Waals surface area (Å²) in [7, 11) is 0. The fraction of sp³-hybridized carbons (Fsp3) is 0.786. The summed E-state index contributed by atoms with van der Waals surface area (Å²) in [5, 5.41) is 19.9. The number of hydrogen-bond acceptors (Lipinski definition) is 6. The van der Waals surface area contributed by atoms with Crippen molar-refractivity contribution in [1.82, 2.24) is 15.1 Å². The SMILES string of the molecule is CC(C)c1nnc(NC(=O)CN2CCC(C(C)O)CC2)o1. The molecular weight excluding hydrogens is 272 g/mol. The Kier molecular flexibility index (Phi) is 5.30. The molecule has 1 atom stereocenters. The Bertz CT molecular complexity index is 465. The van der Waals surface area contributed by atoms with Gasteiger partial charge >= 0.3 is 6.01 Å². The van der Waals surface area contributed by atoms with E-state index in [1.54, 1.807) is 0 Å². The van der Waals surface area contributed by atoms with Crippen LogP contribution in [0.1, 0.15) is 45.4 Å². The third-order valence-electron chi connectivity index (χ3n) is 3.86. The molecule has 0 bridgehead atoms. The number of nitrogens with zero attached hydrogens (tertiary/aromatic N) is 3. The maximum Gasteiger partial charge on any atom is 0.322 e. The monoisotopic (exact) mass is 296 g/mol. The Hall–Kier alpha value is -1.47. The highest BCUT2D eigenvalue weighted by Crippen LogP contribution is 2.20. The van der Waals surface area contributed by atoms with Crippen LogP contribution in [0.4, 0.5) is 6.01 Å². The Labute approximate surface area is 124 Å². The van der Waals surface area contributed by atoms with Gasteiger partial charge in [0.2, 0.25) is 11.8 Å². The standard InChI is InChI=1S/C14H24N4O3/c1-9(2)13-16-17-14(21-13)15-12(20)8-18-6-4-11(5-7-18)10(3)19/h9-11,19H,4-8H2,1-3H3,(H,15,17,20). The number of anilines is 1. The van der Waals surface area contributed by atoms with E-state index >= 15 is 0 Å². The predicted molar refractivity (Wildman–Crippen MR) is 77.9 cm³/mol. The first-order valence-electron chi connectivity index (χ1n) is 7.49. The van der Waals surface area contributed by atoms with E-state index in [1.165, 1.54) is 0 Å². The molecule has 1 aromatic heterocycles. The van der Waals surface area contributed by atoms with Crippen molar-refractivity contribution in [2.75, 3.05) is 25.0 Å². The van der Waals surface area contributed by atoms with E-state index in [4.69, 9.17) is 4.42 Å². The van der Waals surface area contributed by atoms with E-state index in [1.807, 2.05) is 20.8 Å². The number of nitrogens with one attached hydrogen (secondary N) is 1. The van der Waals surface area contributed by atoms with Crippen molar-refractivity contribution in [3.8, 4) is 0 Å². The predicted octanol–water partition coefficient (Wildman–Crippen LogP) is 1.22. The second kappa shape index (κ2) is 7.00. The number of piperidine rings is 1. The molecule has 1 aliphatic heterocycles. The highest BCUT2D eigenvalue weighted by molar-refractivity contribution is 5.90. The number of carbonyl (C=O) groups excluding carboxylic acids is 1. The highest BCUT2D eigenvalue weighted by Gasteiger charge is 2.24. The average molecular weight is 296 g/mol. The van der Waals surface area contributed by atoms with E-state index in [0.29, 0.717) is 18.4 Å². The molecule has 1 aromatic rings. The summed E-state index contributed by atoms with van der Waals surface area (Å²) in [6.45, 7) is 7.69. The topological polar surface area (TPSA) is 91.5 Å². The van der Waals surface area contributed by atoms with E-state index in [2.05, 4.69) is 20.4 Å². The molecule has 0 radical (unpaired) electrons. The Morgan fingerprint density at radius 3 is 2.57 bits per heavy atom. The van der Waals surface area contributed by atoms with Crippen molar-refractivity contribution in [3.05, 3.63) is 5.89 Å². The molecule has 2 rings (SSSR count). The number of amides is 1. The van der Waals surface area contributed by atoms with Gasteiger partial charge in [0, 0.05) is 5.92 Å². The van der Waals surface area contributed by atoms with Gasteiger partial charge in [-0.15, -0.1) is 5.10 Å². The Morgan fingerprint density at radius 1 is 1.38 bits per heavy atom. The lowest BCUT2D eigenvalue weighted by Gasteiger charge is -2.32. The first-order valence-corrected chi connectivity index (χ1v) is 7.49. The van der Waals surface area contributed by atoms with Crippen LogP contribution < -0.4 is 5.32 Å². The van der Waals surface area contributed by atoms with Gasteiger partial charge in [0.15, 0.2) is 0 Å². The Balaban J connectivity index is 1.77. The summed E-state index contributed by atoms with van der Waals surface area (Å²) in [4.78, 5) is 14.0. The molecule has 0 saturated carbocycles. The minimum atomic E-state index is -0.270. The molecule has 1 unspecified atom stereocenters. The van der Waals surface area contributed by atoms with Gasteiger partial charge in [-0.1, -0.05) is 18.9 Å². The van der Waals surface area contributed by atoms with E-state index in [9.17, 15) is 9.90 Å². The highest BCUT2D eigenvalue weighted by atomic mass is 16.4. The maximum atomic E-state index is 11.9. The number of aliphatic hydroxyl groups is 1. The van der Waals surface area contributed by atoms with Crippen molar-refractivity contribution in [2.24, 2.45) is 5.92 Å². The van der Waals surface area contributed by atoms with Crippen LogP contribution in [0.5, 0.6) is 0 Å². The van der Waals surface area contributed by atoms with Crippen LogP contribution in [-0.4, -0.2) is 51.8 Å². The second-order valence-electron chi connectivity index (χ2n) is 6.00. The summed E-state index contributed by atoms with van der Waals surface area (Å²) >= 11 is 0. The fourth-order valence-electron chi connectivity index (χ4n) is 2.47. The molecule has 1 saturated heterocycles. The summed E-state index contributed by atoms with van der Waals surface area (Å²) < 4.78 is 5.35. The van der Waals surface area contributed by atoms with Crippen LogP contribution in [0, 0.1) is 5.92 Å². The van der Waals surface area contributed by atoms with Crippen molar-refractivity contribution in [3.63, 3.8) is 0 Å². The summed E-state index contributed by atoms with van der Waals surface area (Å²) in [6, 6.07) is 0.155. The van der Waals surface area contributed by atoms with E-state index in [-0.39, 0.29) is 23.9 Å². The quantitative estimate of drug-likeness (QED) is 0.849. The van der Waals surface area contributed by atoms with Gasteiger partial charge in [-0.2, -0.15) is 0 Å². The van der Waals surface area contributed by atoms with Gasteiger partial charge in [-0.3, -0.25) is 15.0 Å². The van der Waals surface area contributed by atoms with Gasteiger partial charge in [0.1, 0.15) is 0 Å². The van der Waals surface area contributed by atoms with Crippen molar-refractivity contribution in [2.45, 2.75) is 45.6 Å². The lowest BCUT2D eigenvalue weighted by Crippen LogP contribution is -2.41. The lowest BCUT2D eigenvalue weighted by molar-refractivity contribution is -0.117. The average Bonchev–Trinajstić information content (AvgIpc) is 2.87. The molecule has 1 aliphatic rings. The molecule has 7 nitrogen and oxygen atoms in total. The molecule has 2 N–H and O–H groups in total. The minimum absolute atomic E-state index is 0.141. The number of rotatable bonds is 5. The van der Waals surface area contributed by atoms with Gasteiger partial charge in [0.05, 0.1) is 12.6 Å². The largest absolute Gasteiger partial charge is 0.408 e. The molecule has 2 heterocycles. The van der Waals surface area contributed by atoms with Gasteiger partial charge in [-0.05, 0) is 38.8 Å².